The van der Waals surface area contributed by atoms with Crippen LogP contribution in [0.5, 0.6) is 0 Å². The Morgan fingerprint density at radius 2 is 1.74 bits per heavy atom. The van der Waals surface area contributed by atoms with Crippen LogP contribution in [0, 0.1) is 27.7 Å². The third-order valence-corrected chi connectivity index (χ3v) is 4.24. The summed E-state index contributed by atoms with van der Waals surface area (Å²) in [5, 5.41) is 3.60. The summed E-state index contributed by atoms with van der Waals surface area (Å²) < 4.78 is 5.44. The number of hydrogen-bond acceptors (Lipinski definition) is 6. The number of oxazole rings is 1. The Morgan fingerprint density at radius 1 is 1.09 bits per heavy atom. The maximum Gasteiger partial charge on any atom is 0.220 e. The summed E-state index contributed by atoms with van der Waals surface area (Å²) >= 11 is 1.52. The fourth-order valence-corrected chi connectivity index (χ4v) is 2.73. The molecule has 0 aromatic carbocycles. The Balaban J connectivity index is 1.89. The zero-order chi connectivity index (χ0) is 17.0. The van der Waals surface area contributed by atoms with Crippen LogP contribution in [0.15, 0.2) is 9.57 Å². The van der Waals surface area contributed by atoms with Gasteiger partial charge in [0.15, 0.2) is 5.16 Å². The van der Waals surface area contributed by atoms with Gasteiger partial charge in [-0.1, -0.05) is 11.8 Å². The van der Waals surface area contributed by atoms with Gasteiger partial charge >= 0.3 is 0 Å². The quantitative estimate of drug-likeness (QED) is 0.646. The van der Waals surface area contributed by atoms with E-state index in [0.717, 1.165) is 33.6 Å². The van der Waals surface area contributed by atoms with E-state index in [-0.39, 0.29) is 5.91 Å². The molecule has 23 heavy (non-hydrogen) atoms. The molecular weight excluding hydrogens is 312 g/mol. The van der Waals surface area contributed by atoms with Crippen LogP contribution in [0.3, 0.4) is 0 Å². The summed E-state index contributed by atoms with van der Waals surface area (Å²) in [6.45, 7) is 7.97. The first-order valence-electron chi connectivity index (χ1n) is 7.48. The Bertz CT molecular complexity index is 670. The molecule has 7 heteroatoms. The molecule has 0 aliphatic rings. The summed E-state index contributed by atoms with van der Waals surface area (Å²) in [5.41, 5.74) is 3.77. The van der Waals surface area contributed by atoms with Crippen molar-refractivity contribution >= 4 is 17.7 Å². The number of nitrogens with zero attached hydrogens (tertiary/aromatic N) is 3. The largest absolute Gasteiger partial charge is 0.444 e. The van der Waals surface area contributed by atoms with Crippen molar-refractivity contribution in [2.75, 3.05) is 6.26 Å². The highest BCUT2D eigenvalue weighted by molar-refractivity contribution is 7.98. The monoisotopic (exact) mass is 334 g/mol. The number of amides is 1. The first-order chi connectivity index (χ1) is 10.9. The number of aryl methyl sites for hydroxylation is 4. The normalized spacial score (nSPS) is 10.8. The molecule has 0 unspecified atom stereocenters. The second kappa shape index (κ2) is 7.59. The maximum atomic E-state index is 12.0. The van der Waals surface area contributed by atoms with Crippen molar-refractivity contribution in [3.05, 3.63) is 34.3 Å². The molecule has 0 atom stereocenters. The molecule has 2 aromatic rings. The Morgan fingerprint density at radius 3 is 2.26 bits per heavy atom. The van der Waals surface area contributed by atoms with Gasteiger partial charge in [0.25, 0.3) is 0 Å². The van der Waals surface area contributed by atoms with Gasteiger partial charge < -0.3 is 9.73 Å². The van der Waals surface area contributed by atoms with Crippen LogP contribution in [0.1, 0.15) is 40.7 Å². The summed E-state index contributed by atoms with van der Waals surface area (Å²) in [6, 6.07) is 0. The molecule has 0 saturated heterocycles. The molecule has 1 amide bonds. The molecule has 1 N–H and O–H groups in total. The maximum absolute atomic E-state index is 12.0. The average Bonchev–Trinajstić information content (AvgIpc) is 2.82. The second-order valence-electron chi connectivity index (χ2n) is 5.39. The second-order valence-corrected chi connectivity index (χ2v) is 6.16. The van der Waals surface area contributed by atoms with Crippen molar-refractivity contribution in [3.63, 3.8) is 0 Å². The minimum Gasteiger partial charge on any atom is -0.444 e. The van der Waals surface area contributed by atoms with Crippen molar-refractivity contribution in [2.45, 2.75) is 52.2 Å². The first-order valence-corrected chi connectivity index (χ1v) is 8.71. The number of carbonyl (C=O) groups excluding carboxylic acids is 1. The van der Waals surface area contributed by atoms with E-state index in [1.54, 1.807) is 0 Å². The molecule has 6 nitrogen and oxygen atoms in total. The molecule has 2 rings (SSSR count). The number of carbonyl (C=O) groups is 1. The topological polar surface area (TPSA) is 80.9 Å². The Kier molecular flexibility index (Phi) is 5.76. The molecule has 0 fully saturated rings. The lowest BCUT2D eigenvalue weighted by Crippen LogP contribution is -2.23. The smallest absolute Gasteiger partial charge is 0.220 e. The predicted molar refractivity (Wildman–Crippen MR) is 89.4 cm³/mol. The van der Waals surface area contributed by atoms with Gasteiger partial charge in [-0.3, -0.25) is 4.79 Å². The van der Waals surface area contributed by atoms with Crippen molar-refractivity contribution in [1.29, 1.82) is 0 Å². The number of thioether (sulfide) groups is 1. The average molecular weight is 334 g/mol. The fourth-order valence-electron chi connectivity index (χ4n) is 2.28. The zero-order valence-corrected chi connectivity index (χ0v) is 15.0. The highest BCUT2D eigenvalue weighted by Crippen LogP contribution is 2.17. The molecule has 2 aromatic heterocycles. The number of hydrogen-bond donors (Lipinski definition) is 1. The van der Waals surface area contributed by atoms with Crippen molar-refractivity contribution in [3.8, 4) is 0 Å². The van der Waals surface area contributed by atoms with Gasteiger partial charge in [-0.15, -0.1) is 0 Å². The minimum absolute atomic E-state index is 0.0359. The van der Waals surface area contributed by atoms with Gasteiger partial charge in [-0.25, -0.2) is 15.0 Å². The minimum atomic E-state index is -0.0359. The lowest BCUT2D eigenvalue weighted by Gasteiger charge is -2.09. The molecule has 0 aliphatic carbocycles. The van der Waals surface area contributed by atoms with E-state index in [2.05, 4.69) is 20.3 Å². The molecule has 124 valence electrons. The van der Waals surface area contributed by atoms with E-state index in [4.69, 9.17) is 4.42 Å². The lowest BCUT2D eigenvalue weighted by atomic mass is 10.1. The van der Waals surface area contributed by atoms with Crippen molar-refractivity contribution in [1.82, 2.24) is 20.3 Å². The van der Waals surface area contributed by atoms with E-state index < -0.39 is 0 Å². The molecule has 0 bridgehead atoms. The van der Waals surface area contributed by atoms with Crippen LogP contribution in [0.4, 0.5) is 0 Å². The highest BCUT2D eigenvalue weighted by Gasteiger charge is 2.11. The van der Waals surface area contributed by atoms with E-state index >= 15 is 0 Å². The zero-order valence-electron chi connectivity index (χ0n) is 14.2. The van der Waals surface area contributed by atoms with Gasteiger partial charge in [-0.05, 0) is 45.9 Å². The Labute approximate surface area is 140 Å². The summed E-state index contributed by atoms with van der Waals surface area (Å²) in [6.07, 6.45) is 2.97. The molecule has 2 heterocycles. The fraction of sp³-hybridized carbons (Fsp3) is 0.500. The number of nitrogens with one attached hydrogen (secondary N) is 1. The third kappa shape index (κ3) is 4.54. The standard InChI is InChI=1S/C16H22N4O2S/c1-9-12(4)22-15(18-9)8-17-14(21)7-6-13-10(2)19-16(23-5)20-11(13)3/h6-8H2,1-5H3,(H,17,21). The lowest BCUT2D eigenvalue weighted by molar-refractivity contribution is -0.121. The van der Waals surface area contributed by atoms with Crippen LogP contribution in [0.2, 0.25) is 0 Å². The van der Waals surface area contributed by atoms with Crippen LogP contribution in [0.25, 0.3) is 0 Å². The van der Waals surface area contributed by atoms with Gasteiger partial charge in [-0.2, -0.15) is 0 Å². The molecule has 0 aliphatic heterocycles. The molecule has 0 saturated carbocycles. The van der Waals surface area contributed by atoms with E-state index in [0.29, 0.717) is 25.3 Å². The molecular formula is C16H22N4O2S. The van der Waals surface area contributed by atoms with Crippen LogP contribution < -0.4 is 5.32 Å². The van der Waals surface area contributed by atoms with Crippen molar-refractivity contribution in [2.24, 2.45) is 0 Å². The van der Waals surface area contributed by atoms with E-state index in [1.807, 2.05) is 34.0 Å². The van der Waals surface area contributed by atoms with Gasteiger partial charge in [0.1, 0.15) is 5.76 Å². The van der Waals surface area contributed by atoms with E-state index in [9.17, 15) is 4.79 Å². The highest BCUT2D eigenvalue weighted by atomic mass is 32.2. The van der Waals surface area contributed by atoms with Crippen LogP contribution in [-0.2, 0) is 17.8 Å². The SMILES string of the molecule is CSc1nc(C)c(CCC(=O)NCc2nc(C)c(C)o2)c(C)n1. The summed E-state index contributed by atoms with van der Waals surface area (Å²) in [7, 11) is 0. The van der Waals surface area contributed by atoms with Crippen LogP contribution >= 0.6 is 11.8 Å². The van der Waals surface area contributed by atoms with Crippen molar-refractivity contribution < 1.29 is 9.21 Å². The van der Waals surface area contributed by atoms with Gasteiger partial charge in [0.05, 0.1) is 12.2 Å². The molecule has 0 spiro atoms. The van der Waals surface area contributed by atoms with Crippen LogP contribution in [-0.4, -0.2) is 27.1 Å². The summed E-state index contributed by atoms with van der Waals surface area (Å²) in [5.74, 6) is 1.28. The van der Waals surface area contributed by atoms with E-state index in [1.165, 1.54) is 11.8 Å². The first kappa shape index (κ1) is 17.5. The third-order valence-electron chi connectivity index (χ3n) is 3.69. The Hall–Kier alpha value is -1.89. The number of rotatable bonds is 6. The number of aromatic nitrogens is 3. The summed E-state index contributed by atoms with van der Waals surface area (Å²) in [4.78, 5) is 25.1. The van der Waals surface area contributed by atoms with Gasteiger partial charge in [0, 0.05) is 17.8 Å². The predicted octanol–water partition coefficient (Wildman–Crippen LogP) is 2.67. The van der Waals surface area contributed by atoms with Gasteiger partial charge in [0.2, 0.25) is 11.8 Å². The molecule has 0 radical (unpaired) electrons.